The summed E-state index contributed by atoms with van der Waals surface area (Å²) in [6.45, 7) is 3.29. The van der Waals surface area contributed by atoms with Crippen molar-refractivity contribution in [3.63, 3.8) is 0 Å². The monoisotopic (exact) mass is 262 g/mol. The van der Waals surface area contributed by atoms with E-state index in [9.17, 15) is 13.6 Å². The smallest absolute Gasteiger partial charge is 0.335 e. The van der Waals surface area contributed by atoms with Crippen molar-refractivity contribution in [3.05, 3.63) is 58.7 Å². The molecule has 4 heteroatoms. The van der Waals surface area contributed by atoms with Crippen LogP contribution < -0.4 is 0 Å². The van der Waals surface area contributed by atoms with Gasteiger partial charge in [0.2, 0.25) is 0 Å². The Balaban J connectivity index is 2.67. The summed E-state index contributed by atoms with van der Waals surface area (Å²) in [7, 11) is 0. The average molecular weight is 262 g/mol. The molecule has 0 aliphatic carbocycles. The van der Waals surface area contributed by atoms with Gasteiger partial charge < -0.3 is 5.11 Å². The van der Waals surface area contributed by atoms with E-state index in [1.165, 1.54) is 25.1 Å². The minimum absolute atomic E-state index is 0.0713. The Morgan fingerprint density at radius 3 is 2.26 bits per heavy atom. The molecule has 19 heavy (non-hydrogen) atoms. The SMILES string of the molecule is Cc1cc(-c2cc(C(=O)O)ccc2C)c(F)cc1F. The molecule has 2 aromatic rings. The van der Waals surface area contributed by atoms with Crippen molar-refractivity contribution >= 4 is 5.97 Å². The molecule has 2 nitrogen and oxygen atoms in total. The second kappa shape index (κ2) is 4.80. The van der Waals surface area contributed by atoms with Crippen LogP contribution >= 0.6 is 0 Å². The molecule has 0 aliphatic rings. The first-order valence-corrected chi connectivity index (χ1v) is 5.70. The first-order chi connectivity index (χ1) is 8.90. The van der Waals surface area contributed by atoms with Gasteiger partial charge >= 0.3 is 5.97 Å². The standard InChI is InChI=1S/C15H12F2O2/c1-8-3-4-10(15(18)19)6-11(8)12-5-9(2)13(16)7-14(12)17/h3-7H,1-2H3,(H,18,19). The van der Waals surface area contributed by atoms with Crippen molar-refractivity contribution in [2.45, 2.75) is 13.8 Å². The van der Waals surface area contributed by atoms with Gasteiger partial charge in [-0.2, -0.15) is 0 Å². The highest BCUT2D eigenvalue weighted by Gasteiger charge is 2.13. The van der Waals surface area contributed by atoms with Crippen LogP contribution in [0.5, 0.6) is 0 Å². The molecule has 0 fully saturated rings. The number of hydrogen-bond acceptors (Lipinski definition) is 1. The third kappa shape index (κ3) is 2.47. The average Bonchev–Trinajstić information content (AvgIpc) is 2.34. The predicted molar refractivity (Wildman–Crippen MR) is 68.2 cm³/mol. The molecule has 0 aliphatic heterocycles. The van der Waals surface area contributed by atoms with E-state index in [2.05, 4.69) is 0 Å². The summed E-state index contributed by atoms with van der Waals surface area (Å²) in [5.74, 6) is -2.40. The molecule has 0 heterocycles. The third-order valence-electron chi connectivity index (χ3n) is 3.02. The summed E-state index contributed by atoms with van der Waals surface area (Å²) >= 11 is 0. The molecule has 0 aromatic heterocycles. The van der Waals surface area contributed by atoms with E-state index < -0.39 is 17.6 Å². The number of carboxylic acids is 1. The first-order valence-electron chi connectivity index (χ1n) is 5.70. The van der Waals surface area contributed by atoms with E-state index in [0.29, 0.717) is 11.1 Å². The van der Waals surface area contributed by atoms with Gasteiger partial charge in [0.1, 0.15) is 11.6 Å². The molecule has 2 rings (SSSR count). The second-order valence-corrected chi connectivity index (χ2v) is 4.42. The van der Waals surface area contributed by atoms with Crippen LogP contribution in [0.4, 0.5) is 8.78 Å². The molecule has 0 amide bonds. The van der Waals surface area contributed by atoms with Crippen molar-refractivity contribution in [1.29, 1.82) is 0 Å². The van der Waals surface area contributed by atoms with E-state index in [1.807, 2.05) is 0 Å². The number of aromatic carboxylic acids is 1. The van der Waals surface area contributed by atoms with Gasteiger partial charge in [-0.3, -0.25) is 0 Å². The van der Waals surface area contributed by atoms with Crippen LogP contribution in [0.25, 0.3) is 11.1 Å². The summed E-state index contributed by atoms with van der Waals surface area (Å²) in [6.07, 6.45) is 0. The zero-order valence-corrected chi connectivity index (χ0v) is 10.5. The normalized spacial score (nSPS) is 10.5. The summed E-state index contributed by atoms with van der Waals surface area (Å²) in [6, 6.07) is 6.66. The third-order valence-corrected chi connectivity index (χ3v) is 3.02. The molecular formula is C15H12F2O2. The Morgan fingerprint density at radius 2 is 1.63 bits per heavy atom. The highest BCUT2D eigenvalue weighted by molar-refractivity contribution is 5.90. The molecule has 1 N–H and O–H groups in total. The fraction of sp³-hybridized carbons (Fsp3) is 0.133. The van der Waals surface area contributed by atoms with E-state index >= 15 is 0 Å². The molecule has 2 aromatic carbocycles. The number of rotatable bonds is 2. The molecule has 0 radical (unpaired) electrons. The largest absolute Gasteiger partial charge is 0.478 e. The maximum absolute atomic E-state index is 13.8. The minimum Gasteiger partial charge on any atom is -0.478 e. The summed E-state index contributed by atoms with van der Waals surface area (Å²) in [4.78, 5) is 10.9. The molecule has 0 unspecified atom stereocenters. The van der Waals surface area contributed by atoms with Crippen LogP contribution in [0, 0.1) is 25.5 Å². The lowest BCUT2D eigenvalue weighted by Crippen LogP contribution is -1.99. The summed E-state index contributed by atoms with van der Waals surface area (Å²) in [5.41, 5.74) is 1.79. The number of halogens is 2. The van der Waals surface area contributed by atoms with Gasteiger partial charge in [-0.15, -0.1) is 0 Å². The van der Waals surface area contributed by atoms with Gasteiger partial charge in [-0.25, -0.2) is 13.6 Å². The van der Waals surface area contributed by atoms with E-state index in [1.54, 1.807) is 13.0 Å². The van der Waals surface area contributed by atoms with Crippen molar-refractivity contribution < 1.29 is 18.7 Å². The van der Waals surface area contributed by atoms with E-state index in [0.717, 1.165) is 11.6 Å². The van der Waals surface area contributed by atoms with Gasteiger partial charge in [0.25, 0.3) is 0 Å². The van der Waals surface area contributed by atoms with Crippen LogP contribution in [0.3, 0.4) is 0 Å². The van der Waals surface area contributed by atoms with Gasteiger partial charge in [0.15, 0.2) is 0 Å². The zero-order chi connectivity index (χ0) is 14.2. The summed E-state index contributed by atoms with van der Waals surface area (Å²) in [5, 5.41) is 8.96. The number of hydrogen-bond donors (Lipinski definition) is 1. The maximum Gasteiger partial charge on any atom is 0.335 e. The van der Waals surface area contributed by atoms with Gasteiger partial charge in [-0.05, 0) is 48.7 Å². The number of carboxylic acid groups (broad SMARTS) is 1. The Morgan fingerprint density at radius 1 is 0.947 bits per heavy atom. The van der Waals surface area contributed by atoms with Crippen molar-refractivity contribution in [2.75, 3.05) is 0 Å². The van der Waals surface area contributed by atoms with Crippen LogP contribution in [-0.2, 0) is 0 Å². The lowest BCUT2D eigenvalue weighted by atomic mass is 9.96. The molecule has 0 saturated carbocycles. The summed E-state index contributed by atoms with van der Waals surface area (Å²) < 4.78 is 27.1. The van der Waals surface area contributed by atoms with Crippen molar-refractivity contribution in [1.82, 2.24) is 0 Å². The quantitative estimate of drug-likeness (QED) is 0.889. The van der Waals surface area contributed by atoms with Crippen molar-refractivity contribution in [3.8, 4) is 11.1 Å². The molecule has 0 spiro atoms. The van der Waals surface area contributed by atoms with Crippen LogP contribution in [0.2, 0.25) is 0 Å². The van der Waals surface area contributed by atoms with Gasteiger partial charge in [0, 0.05) is 11.6 Å². The molecular weight excluding hydrogens is 250 g/mol. The lowest BCUT2D eigenvalue weighted by Gasteiger charge is -2.10. The van der Waals surface area contributed by atoms with Crippen molar-refractivity contribution in [2.24, 2.45) is 0 Å². The molecule has 0 saturated heterocycles. The Bertz CT molecular complexity index is 663. The van der Waals surface area contributed by atoms with Crippen LogP contribution in [-0.4, -0.2) is 11.1 Å². The molecule has 98 valence electrons. The minimum atomic E-state index is -1.08. The second-order valence-electron chi connectivity index (χ2n) is 4.42. The fourth-order valence-electron chi connectivity index (χ4n) is 1.91. The predicted octanol–water partition coefficient (Wildman–Crippen LogP) is 3.95. The molecule has 0 bridgehead atoms. The van der Waals surface area contributed by atoms with E-state index in [4.69, 9.17) is 5.11 Å². The van der Waals surface area contributed by atoms with Gasteiger partial charge in [0.05, 0.1) is 5.56 Å². The highest BCUT2D eigenvalue weighted by Crippen LogP contribution is 2.29. The topological polar surface area (TPSA) is 37.3 Å². The maximum atomic E-state index is 13.8. The lowest BCUT2D eigenvalue weighted by molar-refractivity contribution is 0.0697. The van der Waals surface area contributed by atoms with Crippen LogP contribution in [0.15, 0.2) is 30.3 Å². The number of benzene rings is 2. The van der Waals surface area contributed by atoms with Crippen LogP contribution in [0.1, 0.15) is 21.5 Å². The first kappa shape index (κ1) is 13.2. The number of aryl methyl sites for hydroxylation is 2. The zero-order valence-electron chi connectivity index (χ0n) is 10.5. The Hall–Kier alpha value is -2.23. The molecule has 0 atom stereocenters. The van der Waals surface area contributed by atoms with Gasteiger partial charge in [-0.1, -0.05) is 6.07 Å². The number of carbonyl (C=O) groups is 1. The van der Waals surface area contributed by atoms with E-state index in [-0.39, 0.29) is 11.1 Å². The fourth-order valence-corrected chi connectivity index (χ4v) is 1.91. The highest BCUT2D eigenvalue weighted by atomic mass is 19.1. The Labute approximate surface area is 109 Å². The Kier molecular flexibility index (Phi) is 3.34.